The van der Waals surface area contributed by atoms with E-state index in [1.807, 2.05) is 0 Å². The van der Waals surface area contributed by atoms with E-state index in [-0.39, 0.29) is 6.54 Å². The van der Waals surface area contributed by atoms with E-state index < -0.39 is 11.3 Å². The fourth-order valence-electron chi connectivity index (χ4n) is 0.134. The van der Waals surface area contributed by atoms with Crippen LogP contribution in [0, 0.1) is 5.92 Å². The lowest BCUT2D eigenvalue weighted by Crippen LogP contribution is -2.26. The molecular formula is C4H8ClF2N. The minimum absolute atomic E-state index is 0.0868. The van der Waals surface area contributed by atoms with Crippen LogP contribution in [0.4, 0.5) is 8.78 Å². The SMILES string of the molecule is CC(CN)C(F)(F)Cl. The van der Waals surface area contributed by atoms with E-state index >= 15 is 0 Å². The largest absolute Gasteiger partial charge is 0.330 e. The summed E-state index contributed by atoms with van der Waals surface area (Å²) < 4.78 is 23.6. The molecule has 0 aromatic carbocycles. The lowest BCUT2D eigenvalue weighted by molar-refractivity contribution is 0.0410. The van der Waals surface area contributed by atoms with Gasteiger partial charge in [0.05, 0.1) is 0 Å². The van der Waals surface area contributed by atoms with Gasteiger partial charge in [-0.2, -0.15) is 8.78 Å². The average molecular weight is 144 g/mol. The molecule has 0 amide bonds. The van der Waals surface area contributed by atoms with Gasteiger partial charge < -0.3 is 5.73 Å². The van der Waals surface area contributed by atoms with Crippen molar-refractivity contribution in [3.8, 4) is 0 Å². The topological polar surface area (TPSA) is 26.0 Å². The van der Waals surface area contributed by atoms with E-state index in [4.69, 9.17) is 5.73 Å². The molecule has 8 heavy (non-hydrogen) atoms. The van der Waals surface area contributed by atoms with Gasteiger partial charge in [0.15, 0.2) is 0 Å². The van der Waals surface area contributed by atoms with Gasteiger partial charge in [0, 0.05) is 12.5 Å². The third-order valence-electron chi connectivity index (χ3n) is 0.912. The van der Waals surface area contributed by atoms with Crippen molar-refractivity contribution in [3.05, 3.63) is 0 Å². The van der Waals surface area contributed by atoms with Crippen LogP contribution in [0.3, 0.4) is 0 Å². The maximum atomic E-state index is 11.8. The molecule has 0 aliphatic rings. The molecule has 0 rings (SSSR count). The molecule has 0 aliphatic carbocycles. The van der Waals surface area contributed by atoms with Crippen LogP contribution in [0.5, 0.6) is 0 Å². The molecule has 0 radical (unpaired) electrons. The molecule has 0 spiro atoms. The third-order valence-corrected chi connectivity index (χ3v) is 1.28. The Morgan fingerprint density at radius 3 is 2.12 bits per heavy atom. The Bertz CT molecular complexity index is 70.9. The highest BCUT2D eigenvalue weighted by Crippen LogP contribution is 2.27. The first-order chi connectivity index (χ1) is 3.48. The molecule has 0 saturated carbocycles. The molecule has 0 aromatic rings. The van der Waals surface area contributed by atoms with Crippen LogP contribution in [0.25, 0.3) is 0 Å². The summed E-state index contributed by atoms with van der Waals surface area (Å²) in [5, 5.41) is -3.14. The van der Waals surface area contributed by atoms with Crippen LogP contribution >= 0.6 is 11.6 Å². The van der Waals surface area contributed by atoms with Gasteiger partial charge in [0.1, 0.15) is 0 Å². The van der Waals surface area contributed by atoms with E-state index in [9.17, 15) is 8.78 Å². The molecule has 0 fully saturated rings. The third kappa shape index (κ3) is 2.43. The Morgan fingerprint density at radius 1 is 1.75 bits per heavy atom. The van der Waals surface area contributed by atoms with Crippen molar-refractivity contribution in [1.82, 2.24) is 0 Å². The summed E-state index contributed by atoms with van der Waals surface area (Å²) >= 11 is 4.57. The second-order valence-corrected chi connectivity index (χ2v) is 2.18. The van der Waals surface area contributed by atoms with E-state index in [1.165, 1.54) is 6.92 Å². The van der Waals surface area contributed by atoms with Crippen LogP contribution in [0.15, 0.2) is 0 Å². The van der Waals surface area contributed by atoms with Gasteiger partial charge in [-0.1, -0.05) is 6.92 Å². The molecule has 1 atom stereocenters. The lowest BCUT2D eigenvalue weighted by atomic mass is 10.2. The van der Waals surface area contributed by atoms with Crippen molar-refractivity contribution in [1.29, 1.82) is 0 Å². The summed E-state index contributed by atoms with van der Waals surface area (Å²) in [7, 11) is 0. The first kappa shape index (κ1) is 8.11. The van der Waals surface area contributed by atoms with E-state index in [1.54, 1.807) is 0 Å². The van der Waals surface area contributed by atoms with Gasteiger partial charge in [0.2, 0.25) is 0 Å². The smallest absolute Gasteiger partial charge is 0.325 e. The predicted octanol–water partition coefficient (Wildman–Crippen LogP) is 1.41. The zero-order chi connectivity index (χ0) is 6.78. The predicted molar refractivity (Wildman–Crippen MR) is 29.0 cm³/mol. The van der Waals surface area contributed by atoms with Crippen LogP contribution in [0.2, 0.25) is 0 Å². The highest BCUT2D eigenvalue weighted by molar-refractivity contribution is 6.21. The maximum Gasteiger partial charge on any atom is 0.325 e. The zero-order valence-electron chi connectivity index (χ0n) is 4.50. The molecule has 0 aliphatic heterocycles. The van der Waals surface area contributed by atoms with Crippen molar-refractivity contribution < 1.29 is 8.78 Å². The monoisotopic (exact) mass is 143 g/mol. The molecule has 0 bridgehead atoms. The van der Waals surface area contributed by atoms with E-state index in [0.717, 1.165) is 0 Å². The first-order valence-corrected chi connectivity index (χ1v) is 2.63. The number of nitrogens with two attached hydrogens (primary N) is 1. The highest BCUT2D eigenvalue weighted by Gasteiger charge is 2.31. The minimum atomic E-state index is -3.14. The first-order valence-electron chi connectivity index (χ1n) is 2.25. The molecule has 0 aromatic heterocycles. The second kappa shape index (κ2) is 2.60. The number of rotatable bonds is 2. The molecule has 1 nitrogen and oxygen atoms in total. The van der Waals surface area contributed by atoms with Crippen LogP contribution in [0.1, 0.15) is 6.92 Å². The fourth-order valence-corrected chi connectivity index (χ4v) is 0.223. The highest BCUT2D eigenvalue weighted by atomic mass is 35.5. The molecule has 50 valence electrons. The minimum Gasteiger partial charge on any atom is -0.330 e. The number of hydrogen-bond acceptors (Lipinski definition) is 1. The molecule has 0 heterocycles. The molecule has 0 saturated heterocycles. The number of hydrogen-bond donors (Lipinski definition) is 1. The Labute approximate surface area is 51.8 Å². The molecule has 4 heteroatoms. The van der Waals surface area contributed by atoms with Gasteiger partial charge in [-0.25, -0.2) is 0 Å². The summed E-state index contributed by atoms with van der Waals surface area (Å²) in [5.41, 5.74) is 4.89. The zero-order valence-corrected chi connectivity index (χ0v) is 5.25. The Hall–Kier alpha value is 0.110. The summed E-state index contributed by atoms with van der Waals surface area (Å²) in [5.74, 6) is -0.941. The van der Waals surface area contributed by atoms with Crippen molar-refractivity contribution in [2.45, 2.75) is 12.3 Å². The quantitative estimate of drug-likeness (QED) is 0.582. The van der Waals surface area contributed by atoms with Crippen LogP contribution < -0.4 is 5.73 Å². The molecule has 1 unspecified atom stereocenters. The van der Waals surface area contributed by atoms with E-state index in [0.29, 0.717) is 0 Å². The van der Waals surface area contributed by atoms with Crippen molar-refractivity contribution in [2.75, 3.05) is 6.54 Å². The Kier molecular flexibility index (Phi) is 2.63. The van der Waals surface area contributed by atoms with Crippen LogP contribution in [-0.2, 0) is 0 Å². The van der Waals surface area contributed by atoms with Crippen molar-refractivity contribution in [2.24, 2.45) is 11.7 Å². The number of halogens is 3. The standard InChI is InChI=1S/C4H8ClF2N/c1-3(2-8)4(5,6)7/h3H,2,8H2,1H3. The second-order valence-electron chi connectivity index (χ2n) is 1.68. The van der Waals surface area contributed by atoms with Gasteiger partial charge in [-0.05, 0) is 11.6 Å². The Morgan fingerprint density at radius 2 is 2.12 bits per heavy atom. The van der Waals surface area contributed by atoms with Gasteiger partial charge in [-0.3, -0.25) is 0 Å². The van der Waals surface area contributed by atoms with Crippen molar-refractivity contribution >= 4 is 11.6 Å². The van der Waals surface area contributed by atoms with Gasteiger partial charge in [0.25, 0.3) is 0 Å². The van der Waals surface area contributed by atoms with Gasteiger partial charge >= 0.3 is 5.38 Å². The summed E-state index contributed by atoms with van der Waals surface area (Å²) in [4.78, 5) is 0. The normalized spacial score (nSPS) is 16.1. The summed E-state index contributed by atoms with van der Waals surface area (Å²) in [6.07, 6.45) is 0. The molecular weight excluding hydrogens is 136 g/mol. The van der Waals surface area contributed by atoms with Crippen LogP contribution in [-0.4, -0.2) is 11.9 Å². The maximum absolute atomic E-state index is 11.8. The lowest BCUT2D eigenvalue weighted by Gasteiger charge is -2.13. The van der Waals surface area contributed by atoms with Crippen molar-refractivity contribution in [3.63, 3.8) is 0 Å². The average Bonchev–Trinajstić information content (AvgIpc) is 1.62. The fraction of sp³-hybridized carbons (Fsp3) is 1.00. The molecule has 2 N–H and O–H groups in total. The Balaban J connectivity index is 3.62. The van der Waals surface area contributed by atoms with E-state index in [2.05, 4.69) is 11.6 Å². The summed E-state index contributed by atoms with van der Waals surface area (Å²) in [6, 6.07) is 0. The number of alkyl halides is 3. The van der Waals surface area contributed by atoms with Gasteiger partial charge in [-0.15, -0.1) is 0 Å². The summed E-state index contributed by atoms with van der Waals surface area (Å²) in [6.45, 7) is 1.21.